The second-order valence-electron chi connectivity index (χ2n) is 10.9. The van der Waals surface area contributed by atoms with Crippen LogP contribution in [0.3, 0.4) is 0 Å². The zero-order valence-electron chi connectivity index (χ0n) is 23.3. The van der Waals surface area contributed by atoms with Gasteiger partial charge in [-0.3, -0.25) is 9.80 Å². The number of fused-ring (bicyclic) bond motifs is 9. The predicted octanol–water partition coefficient (Wildman–Crippen LogP) is 3.98. The van der Waals surface area contributed by atoms with E-state index in [1.165, 1.54) is 27.8 Å². The summed E-state index contributed by atoms with van der Waals surface area (Å²) in [4.78, 5) is 4.74. The lowest BCUT2D eigenvalue weighted by Crippen LogP contribution is -2.68. The van der Waals surface area contributed by atoms with Crippen molar-refractivity contribution in [3.05, 3.63) is 63.2 Å². The van der Waals surface area contributed by atoms with Crippen molar-refractivity contribution in [3.63, 3.8) is 0 Å². The standard InChI is InChI=1S/C30H35N3O4/c1-7-8-35-28-18(5)29-30(37-14-36-29)26-20(28)11-22-27-25-17(4)16(3)15(2)9-19(25)10-21(32(27)6)23(12-31)33(22)24(26)13-34/h7,9,21-24,27,34H,1,8,10-11,13-14H2,2-6H3/t21-,22?,23-,24-,27?/m0/s1/i34T. The van der Waals surface area contributed by atoms with Crippen molar-refractivity contribution in [2.24, 2.45) is 0 Å². The van der Waals surface area contributed by atoms with Crippen molar-refractivity contribution in [2.45, 2.75) is 70.7 Å². The molecule has 2 aromatic rings. The fraction of sp³-hybridized carbons (Fsp3) is 0.500. The van der Waals surface area contributed by atoms with Crippen molar-refractivity contribution in [3.8, 4) is 23.3 Å². The minimum Gasteiger partial charge on any atom is -0.489 e. The number of likely N-dealkylation sites (N-methyl/N-ethyl adjacent to an activating group) is 1. The second kappa shape index (κ2) is 8.76. The molecule has 6 rings (SSSR count). The summed E-state index contributed by atoms with van der Waals surface area (Å²) >= 11 is 0. The van der Waals surface area contributed by atoms with Gasteiger partial charge in [-0.1, -0.05) is 18.7 Å². The average Bonchev–Trinajstić information content (AvgIpc) is 3.39. The summed E-state index contributed by atoms with van der Waals surface area (Å²) in [6.45, 7) is 13.1. The Kier molecular flexibility index (Phi) is 5.47. The van der Waals surface area contributed by atoms with E-state index in [4.69, 9.17) is 20.8 Å². The van der Waals surface area contributed by atoms with Gasteiger partial charge in [-0.15, -0.1) is 0 Å². The number of nitrogens with zero attached hydrogens (tertiary/aromatic N) is 3. The molecule has 194 valence electrons. The Labute approximate surface area is 220 Å². The van der Waals surface area contributed by atoms with Crippen LogP contribution in [0.1, 0.15) is 56.6 Å². The first-order chi connectivity index (χ1) is 18.3. The molecule has 0 radical (unpaired) electrons. The van der Waals surface area contributed by atoms with Crippen LogP contribution in [-0.4, -0.2) is 61.5 Å². The molecule has 37 heavy (non-hydrogen) atoms. The van der Waals surface area contributed by atoms with E-state index in [1.807, 2.05) is 6.92 Å². The molecule has 1 fully saturated rings. The molecule has 1 N–H and O–H groups in total. The van der Waals surface area contributed by atoms with Crippen molar-refractivity contribution in [1.82, 2.24) is 9.80 Å². The van der Waals surface area contributed by atoms with Gasteiger partial charge in [0.1, 0.15) is 18.4 Å². The summed E-state index contributed by atoms with van der Waals surface area (Å²) in [7, 11) is 2.17. The number of benzene rings is 2. The molecule has 7 nitrogen and oxygen atoms in total. The topological polar surface area (TPSA) is 78.2 Å². The minimum atomic E-state index is -0.374. The van der Waals surface area contributed by atoms with Crippen LogP contribution >= 0.6 is 0 Å². The smallest absolute Gasteiger partial charge is 0.231 e. The molecular weight excluding hydrogens is 466 g/mol. The highest BCUT2D eigenvalue weighted by atomic mass is 16.7. The third kappa shape index (κ3) is 3.22. The minimum absolute atomic E-state index is 0.0146. The number of aliphatic hydroxyl groups excluding tert-OH is 1. The average molecular weight is 504 g/mol. The van der Waals surface area contributed by atoms with Gasteiger partial charge in [0, 0.05) is 28.8 Å². The Hall–Kier alpha value is -3.05. The van der Waals surface area contributed by atoms with E-state index < -0.39 is 0 Å². The van der Waals surface area contributed by atoms with Crippen molar-refractivity contribution in [2.75, 3.05) is 27.1 Å². The first kappa shape index (κ1) is 23.1. The Morgan fingerprint density at radius 3 is 2.68 bits per heavy atom. The van der Waals surface area contributed by atoms with Gasteiger partial charge in [0.2, 0.25) is 8.22 Å². The van der Waals surface area contributed by atoms with Crippen LogP contribution < -0.4 is 14.2 Å². The highest BCUT2D eigenvalue weighted by Gasteiger charge is 2.56. The zero-order chi connectivity index (χ0) is 26.9. The SMILES string of the molecule is [3H]OC[C@H]1c2c(c(OCC=C)c(C)c3c2OCO3)CC2C3c4c(cc(C)c(C)c4C)C[C@@H]([C@H](C#N)N21)N3C. The van der Waals surface area contributed by atoms with Crippen LogP contribution in [0.5, 0.6) is 17.2 Å². The van der Waals surface area contributed by atoms with E-state index in [1.54, 1.807) is 6.08 Å². The molecule has 2 unspecified atom stereocenters. The molecule has 4 aliphatic heterocycles. The number of aliphatic hydroxyl groups is 1. The third-order valence-corrected chi connectivity index (χ3v) is 9.29. The maximum absolute atomic E-state index is 10.6. The number of nitriles is 1. The Bertz CT molecular complexity index is 1370. The van der Waals surface area contributed by atoms with Crippen LogP contribution in [-0.2, 0) is 12.8 Å². The van der Waals surface area contributed by atoms with Crippen LogP contribution in [0.2, 0.25) is 0 Å². The fourth-order valence-electron chi connectivity index (χ4n) is 7.47. The first-order valence-electron chi connectivity index (χ1n) is 13.5. The molecule has 2 aromatic carbocycles. The number of hydrogen-bond donors (Lipinski definition) is 1. The molecule has 0 aliphatic carbocycles. The lowest BCUT2D eigenvalue weighted by atomic mass is 9.70. The van der Waals surface area contributed by atoms with Gasteiger partial charge in [-0.05, 0) is 75.4 Å². The first-order valence-corrected chi connectivity index (χ1v) is 13.1. The van der Waals surface area contributed by atoms with E-state index in [0.29, 0.717) is 24.5 Å². The van der Waals surface area contributed by atoms with Crippen LogP contribution in [0.25, 0.3) is 0 Å². The van der Waals surface area contributed by atoms with Gasteiger partial charge in [0.05, 0.1) is 24.8 Å². The zero-order valence-corrected chi connectivity index (χ0v) is 22.3. The molecule has 0 aromatic heterocycles. The number of piperazine rings is 1. The van der Waals surface area contributed by atoms with E-state index in [9.17, 15) is 5.26 Å². The Morgan fingerprint density at radius 2 is 1.95 bits per heavy atom. The van der Waals surface area contributed by atoms with Crippen LogP contribution in [0.15, 0.2) is 18.7 Å². The van der Waals surface area contributed by atoms with Crippen molar-refractivity contribution in [1.29, 1.82) is 6.69 Å². The number of ether oxygens (including phenoxy) is 3. The fourth-order valence-corrected chi connectivity index (χ4v) is 7.47. The summed E-state index contributed by atoms with van der Waals surface area (Å²) in [5.41, 5.74) is 9.55. The molecule has 0 saturated carbocycles. The molecule has 0 amide bonds. The molecular formula is C30H35N3O4. The molecule has 4 heterocycles. The lowest BCUT2D eigenvalue weighted by molar-refractivity contribution is -0.0821. The normalized spacial score (nSPS) is 28.0. The summed E-state index contributed by atoms with van der Waals surface area (Å²) in [5, 5.41) is 15.7. The van der Waals surface area contributed by atoms with Gasteiger partial charge in [-0.25, -0.2) is 0 Å². The Morgan fingerprint density at radius 1 is 1.16 bits per heavy atom. The van der Waals surface area contributed by atoms with E-state index >= 15 is 0 Å². The number of hydrogen-bond acceptors (Lipinski definition) is 7. The maximum atomic E-state index is 10.6. The lowest BCUT2D eigenvalue weighted by Gasteiger charge is -2.60. The van der Waals surface area contributed by atoms with Crippen molar-refractivity contribution < 1.29 is 19.3 Å². The van der Waals surface area contributed by atoms with Crippen molar-refractivity contribution >= 4 is 0 Å². The van der Waals surface area contributed by atoms with E-state index in [2.05, 4.69) is 56.3 Å². The molecule has 2 bridgehead atoms. The molecule has 0 spiro atoms. The highest BCUT2D eigenvalue weighted by Crippen LogP contribution is 2.57. The number of aryl methyl sites for hydroxylation is 1. The van der Waals surface area contributed by atoms with Crippen LogP contribution in [0.4, 0.5) is 0 Å². The quantitative estimate of drug-likeness (QED) is 0.619. The summed E-state index contributed by atoms with van der Waals surface area (Å²) < 4.78 is 26.0. The molecule has 1 saturated heterocycles. The summed E-state index contributed by atoms with van der Waals surface area (Å²) in [6, 6.07) is 4.37. The predicted molar refractivity (Wildman–Crippen MR) is 140 cm³/mol. The third-order valence-electron chi connectivity index (χ3n) is 9.29. The van der Waals surface area contributed by atoms with Crippen LogP contribution in [0, 0.1) is 39.0 Å². The summed E-state index contributed by atoms with van der Waals surface area (Å²) in [6.07, 6.45) is 3.23. The second-order valence-corrected chi connectivity index (χ2v) is 10.9. The monoisotopic (exact) mass is 503 g/mol. The summed E-state index contributed by atoms with van der Waals surface area (Å²) in [5.74, 6) is 2.14. The van der Waals surface area contributed by atoms with Gasteiger partial charge >= 0.3 is 0 Å². The van der Waals surface area contributed by atoms with Gasteiger partial charge < -0.3 is 19.3 Å². The molecule has 4 aliphatic rings. The molecule has 7 heteroatoms. The van der Waals surface area contributed by atoms with E-state index in [-0.39, 0.29) is 43.6 Å². The van der Waals surface area contributed by atoms with Gasteiger partial charge in [0.25, 0.3) is 0 Å². The highest BCUT2D eigenvalue weighted by molar-refractivity contribution is 5.66. The number of rotatable bonds is 5. The largest absolute Gasteiger partial charge is 0.489 e. The van der Waals surface area contributed by atoms with Gasteiger partial charge in [-0.2, -0.15) is 5.26 Å². The molecule has 5 atom stereocenters. The van der Waals surface area contributed by atoms with E-state index in [0.717, 1.165) is 28.9 Å². The van der Waals surface area contributed by atoms with Gasteiger partial charge in [0.15, 0.2) is 11.5 Å². The Balaban J connectivity index is 1.61. The maximum Gasteiger partial charge on any atom is 0.231 e.